The van der Waals surface area contributed by atoms with Crippen LogP contribution in [0.5, 0.6) is 5.75 Å². The van der Waals surface area contributed by atoms with Gasteiger partial charge in [-0.2, -0.15) is 0 Å². The van der Waals surface area contributed by atoms with Gasteiger partial charge in [-0.25, -0.2) is 4.39 Å². The molecule has 67 heavy (non-hydrogen) atoms. The summed E-state index contributed by atoms with van der Waals surface area (Å²) in [5.74, 6) is -2.20. The largest absolute Gasteiger partial charge is 0.482 e. The van der Waals surface area contributed by atoms with Crippen LogP contribution in [-0.2, 0) is 16.1 Å². The molecule has 1 aromatic heterocycles. The average molecular weight is 959 g/mol. The summed E-state index contributed by atoms with van der Waals surface area (Å²) in [6, 6.07) is 16.0. The molecule has 356 valence electrons. The Morgan fingerprint density at radius 2 is 1.61 bits per heavy atom. The van der Waals surface area contributed by atoms with E-state index in [1.54, 1.807) is 42.2 Å². The average Bonchev–Trinajstić information content (AvgIpc) is 3.64. The van der Waals surface area contributed by atoms with Crippen molar-refractivity contribution in [1.82, 2.24) is 30.2 Å². The number of rotatable bonds is 19. The molecule has 0 radical (unpaired) electrons. The fourth-order valence-corrected chi connectivity index (χ4v) is 9.92. The number of benzene rings is 3. The number of fused-ring (bicyclic) bond motifs is 1. The molecule has 7 rings (SSSR count). The zero-order valence-electron chi connectivity index (χ0n) is 38.1. The van der Waals surface area contributed by atoms with Gasteiger partial charge in [0.2, 0.25) is 11.8 Å². The number of hydrogen-bond donors (Lipinski definition) is 4. The summed E-state index contributed by atoms with van der Waals surface area (Å²) in [6.45, 7) is 9.37. The van der Waals surface area contributed by atoms with Gasteiger partial charge >= 0.3 is 0 Å². The molecule has 0 saturated carbocycles. The van der Waals surface area contributed by atoms with E-state index in [0.717, 1.165) is 56.1 Å². The number of ether oxygens (including phenoxy) is 1. The highest BCUT2D eigenvalue weighted by atomic mass is 35.5. The highest BCUT2D eigenvalue weighted by molar-refractivity contribution is 6.36. The lowest BCUT2D eigenvalue weighted by Crippen LogP contribution is -2.58. The normalized spacial score (nSPS) is 19.0. The van der Waals surface area contributed by atoms with Crippen LogP contribution in [0.15, 0.2) is 60.7 Å². The second-order valence-corrected chi connectivity index (χ2v) is 18.4. The second kappa shape index (κ2) is 22.3. The number of nitrogens with two attached hydrogens (primary N) is 1. The first-order valence-corrected chi connectivity index (χ1v) is 23.9. The standard InChI is InChI=1S/C49H58Cl2FN9O6/c1-29-26-59(48(65)32-15-17-33(18-16-32)55-46(63)39-25-41(45(53)58-57-39)67-31(3)43-36(50)19-20-37(52)44(43)51)27-30(2)60(29)24-11-9-7-5-4-6-8-10-23-54-38-14-12-13-34-35(38)28-61(49(34)66)40-21-22-42(62)56-47(40)64/h12-20,25,29-31,40,54H,4-11,21-24,26-28H2,1-3H3,(H2,53,58)(H,55,63)(H,56,62,64)/t29-,30+,31?,40?. The highest BCUT2D eigenvalue weighted by Crippen LogP contribution is 2.36. The Kier molecular flexibility index (Phi) is 16.3. The van der Waals surface area contributed by atoms with Gasteiger partial charge in [-0.15, -0.1) is 10.2 Å². The van der Waals surface area contributed by atoms with E-state index in [9.17, 15) is 28.4 Å². The van der Waals surface area contributed by atoms with Crippen LogP contribution in [0.1, 0.15) is 133 Å². The Morgan fingerprint density at radius 1 is 0.925 bits per heavy atom. The lowest BCUT2D eigenvalue weighted by Gasteiger charge is -2.44. The molecular formula is C49H58Cl2FN9O6. The third kappa shape index (κ3) is 11.8. The molecule has 18 heteroatoms. The van der Waals surface area contributed by atoms with Crippen molar-refractivity contribution in [2.24, 2.45) is 0 Å². The van der Waals surface area contributed by atoms with Gasteiger partial charge in [0, 0.05) is 89.4 Å². The molecule has 0 bridgehead atoms. The third-order valence-corrected chi connectivity index (χ3v) is 13.5. The summed E-state index contributed by atoms with van der Waals surface area (Å²) in [6.07, 6.45) is 8.92. The van der Waals surface area contributed by atoms with E-state index in [-0.39, 0.29) is 69.1 Å². The van der Waals surface area contributed by atoms with Crippen molar-refractivity contribution in [3.8, 4) is 5.75 Å². The number of piperazine rings is 1. The second-order valence-electron chi connectivity index (χ2n) is 17.7. The van der Waals surface area contributed by atoms with Crippen LogP contribution in [0.4, 0.5) is 21.6 Å². The molecule has 4 atom stereocenters. The van der Waals surface area contributed by atoms with Crippen LogP contribution in [0.3, 0.4) is 0 Å². The van der Waals surface area contributed by atoms with Gasteiger partial charge in [0.25, 0.3) is 17.7 Å². The topological polar surface area (TPSA) is 192 Å². The van der Waals surface area contributed by atoms with Crippen molar-refractivity contribution in [2.75, 3.05) is 42.5 Å². The summed E-state index contributed by atoms with van der Waals surface area (Å²) >= 11 is 12.4. The number of carbonyl (C=O) groups excluding carboxylic acids is 5. The molecular weight excluding hydrogens is 900 g/mol. The number of halogens is 3. The number of nitrogens with zero attached hydrogens (tertiary/aromatic N) is 5. The van der Waals surface area contributed by atoms with E-state index in [4.69, 9.17) is 33.7 Å². The van der Waals surface area contributed by atoms with E-state index in [1.165, 1.54) is 37.8 Å². The maximum absolute atomic E-state index is 14.1. The summed E-state index contributed by atoms with van der Waals surface area (Å²) in [4.78, 5) is 69.9. The van der Waals surface area contributed by atoms with E-state index in [0.29, 0.717) is 42.9 Å². The summed E-state index contributed by atoms with van der Waals surface area (Å²) in [7, 11) is 0. The quantitative estimate of drug-likeness (QED) is 0.0401. The number of nitrogen functional groups attached to an aromatic ring is 1. The molecule has 4 heterocycles. The number of amides is 5. The third-order valence-electron chi connectivity index (χ3n) is 12.8. The van der Waals surface area contributed by atoms with E-state index < -0.39 is 29.8 Å². The number of aromatic nitrogens is 2. The Bertz CT molecular complexity index is 2470. The molecule has 4 aromatic rings. The van der Waals surface area contributed by atoms with Gasteiger partial charge in [-0.1, -0.05) is 67.8 Å². The van der Waals surface area contributed by atoms with Crippen LogP contribution in [0.2, 0.25) is 10.0 Å². The molecule has 5 N–H and O–H groups in total. The molecule has 5 amide bonds. The first-order chi connectivity index (χ1) is 32.2. The number of piperidine rings is 1. The van der Waals surface area contributed by atoms with Gasteiger partial charge < -0.3 is 30.9 Å². The molecule has 3 aliphatic rings. The zero-order chi connectivity index (χ0) is 47.8. The molecule has 3 aliphatic heterocycles. The Morgan fingerprint density at radius 3 is 2.31 bits per heavy atom. The minimum Gasteiger partial charge on any atom is -0.482 e. The number of carbonyl (C=O) groups is 5. The molecule has 0 aliphatic carbocycles. The van der Waals surface area contributed by atoms with Crippen molar-refractivity contribution < 1.29 is 33.1 Å². The molecule has 2 unspecified atom stereocenters. The van der Waals surface area contributed by atoms with Gasteiger partial charge in [-0.3, -0.25) is 34.2 Å². The van der Waals surface area contributed by atoms with Gasteiger partial charge in [0.05, 0.1) is 5.02 Å². The fraction of sp³-hybridized carbons (Fsp3) is 0.449. The summed E-state index contributed by atoms with van der Waals surface area (Å²) in [5.41, 5.74) is 9.55. The van der Waals surface area contributed by atoms with Crippen LogP contribution in [-0.4, -0.2) is 98.7 Å². The predicted octanol–water partition coefficient (Wildman–Crippen LogP) is 8.43. The minimum atomic E-state index is -0.830. The van der Waals surface area contributed by atoms with Crippen molar-refractivity contribution in [3.05, 3.63) is 104 Å². The Hall–Kier alpha value is -5.84. The van der Waals surface area contributed by atoms with Gasteiger partial charge in [0.1, 0.15) is 18.0 Å². The van der Waals surface area contributed by atoms with Crippen LogP contribution in [0, 0.1) is 5.82 Å². The van der Waals surface area contributed by atoms with E-state index in [2.05, 4.69) is 44.9 Å². The number of hydrogen-bond acceptors (Lipinski definition) is 11. The first kappa shape index (κ1) is 49.1. The van der Waals surface area contributed by atoms with Crippen molar-refractivity contribution in [2.45, 2.75) is 116 Å². The lowest BCUT2D eigenvalue weighted by atomic mass is 10.0. The molecule has 2 fully saturated rings. The molecule has 0 spiro atoms. The van der Waals surface area contributed by atoms with Crippen LogP contribution in [0.25, 0.3) is 0 Å². The predicted molar refractivity (Wildman–Crippen MR) is 256 cm³/mol. The number of nitrogens with one attached hydrogen (secondary N) is 3. The minimum absolute atomic E-state index is 0.0390. The van der Waals surface area contributed by atoms with Crippen molar-refractivity contribution in [1.29, 1.82) is 0 Å². The maximum Gasteiger partial charge on any atom is 0.276 e. The molecule has 15 nitrogen and oxygen atoms in total. The van der Waals surface area contributed by atoms with Crippen molar-refractivity contribution in [3.63, 3.8) is 0 Å². The molecule has 2 saturated heterocycles. The number of unbranched alkanes of at least 4 members (excludes halogenated alkanes) is 7. The fourth-order valence-electron chi connectivity index (χ4n) is 9.25. The van der Waals surface area contributed by atoms with Gasteiger partial charge in [0.15, 0.2) is 17.3 Å². The Balaban J connectivity index is 0.771. The van der Waals surface area contributed by atoms with Crippen LogP contribution < -0.4 is 26.4 Å². The van der Waals surface area contributed by atoms with Crippen LogP contribution >= 0.6 is 23.2 Å². The van der Waals surface area contributed by atoms with E-state index in [1.807, 2.05) is 17.0 Å². The number of imide groups is 1. The number of anilines is 3. The maximum atomic E-state index is 14.1. The highest BCUT2D eigenvalue weighted by Gasteiger charge is 2.40. The zero-order valence-corrected chi connectivity index (χ0v) is 39.6. The SMILES string of the molecule is CC(Oc1cc(C(=O)Nc2ccc(C(=O)N3C[C@@H](C)N(CCCCCCCCCCNc4cccc5c4CN(C4CCC(=O)NC4=O)C5=O)[C@@H](C)C3)cc2)nnc1N)c1c(Cl)ccc(F)c1Cl. The summed E-state index contributed by atoms with van der Waals surface area (Å²) < 4.78 is 20.0. The van der Waals surface area contributed by atoms with Crippen molar-refractivity contribution >= 4 is 69.9 Å². The monoisotopic (exact) mass is 957 g/mol. The Labute approximate surface area is 400 Å². The summed E-state index contributed by atoms with van der Waals surface area (Å²) in [5, 5.41) is 16.4. The van der Waals surface area contributed by atoms with E-state index >= 15 is 0 Å². The first-order valence-electron chi connectivity index (χ1n) is 23.1. The van der Waals surface area contributed by atoms with Gasteiger partial charge in [-0.05, 0) is 95.1 Å². The smallest absolute Gasteiger partial charge is 0.276 e. The molecule has 3 aromatic carbocycles. The lowest BCUT2D eigenvalue weighted by molar-refractivity contribution is -0.136.